The molecular formula is C19H24ClN3O5. The van der Waals surface area contributed by atoms with Gasteiger partial charge in [-0.25, -0.2) is 5.01 Å². The van der Waals surface area contributed by atoms with Crippen molar-refractivity contribution >= 4 is 29.0 Å². The van der Waals surface area contributed by atoms with Gasteiger partial charge in [-0.1, -0.05) is 24.4 Å². The number of nitro benzene ring substituents is 1. The number of hydrogen-bond acceptors (Lipinski definition) is 6. The highest BCUT2D eigenvalue weighted by molar-refractivity contribution is 6.36. The van der Waals surface area contributed by atoms with Crippen LogP contribution in [0.5, 0.6) is 5.75 Å². The van der Waals surface area contributed by atoms with Crippen LogP contribution >= 0.6 is 11.6 Å². The number of halogens is 1. The smallest absolute Gasteiger partial charge is 0.281 e. The zero-order valence-electron chi connectivity index (χ0n) is 15.8. The first-order valence-electron chi connectivity index (χ1n) is 9.55. The van der Waals surface area contributed by atoms with E-state index in [4.69, 9.17) is 16.3 Å². The van der Waals surface area contributed by atoms with E-state index < -0.39 is 10.7 Å². The van der Waals surface area contributed by atoms with E-state index >= 15 is 0 Å². The Kier molecular flexibility index (Phi) is 6.51. The van der Waals surface area contributed by atoms with Gasteiger partial charge in [0, 0.05) is 18.7 Å². The predicted molar refractivity (Wildman–Crippen MR) is 103 cm³/mol. The van der Waals surface area contributed by atoms with E-state index in [0.717, 1.165) is 25.5 Å². The molecule has 3 rings (SSSR count). The monoisotopic (exact) mass is 409 g/mol. The SMILES string of the molecule is CC(=O)c1c([N+](=O)[O-])ccc(OCC(=O)NN2CCCC3CCCCC32)c1Cl. The quantitative estimate of drug-likeness (QED) is 0.438. The van der Waals surface area contributed by atoms with Crippen LogP contribution in [0.3, 0.4) is 0 Å². The molecule has 28 heavy (non-hydrogen) atoms. The summed E-state index contributed by atoms with van der Waals surface area (Å²) in [5.41, 5.74) is 2.33. The number of carbonyl (C=O) groups excluding carboxylic acids is 2. The van der Waals surface area contributed by atoms with E-state index in [1.807, 2.05) is 5.01 Å². The Balaban J connectivity index is 1.64. The first kappa shape index (κ1) is 20.5. The van der Waals surface area contributed by atoms with Gasteiger partial charge in [-0.05, 0) is 44.6 Å². The van der Waals surface area contributed by atoms with Crippen molar-refractivity contribution in [3.8, 4) is 5.75 Å². The first-order chi connectivity index (χ1) is 13.4. The highest BCUT2D eigenvalue weighted by atomic mass is 35.5. The van der Waals surface area contributed by atoms with Crippen molar-refractivity contribution in [2.75, 3.05) is 13.2 Å². The van der Waals surface area contributed by atoms with Gasteiger partial charge in [0.1, 0.15) is 16.3 Å². The normalized spacial score (nSPS) is 22.2. The van der Waals surface area contributed by atoms with Gasteiger partial charge < -0.3 is 4.74 Å². The van der Waals surface area contributed by atoms with Crippen LogP contribution in [0, 0.1) is 16.0 Å². The molecule has 8 nitrogen and oxygen atoms in total. The molecule has 1 saturated carbocycles. The number of rotatable bonds is 6. The van der Waals surface area contributed by atoms with Gasteiger partial charge in [0.05, 0.1) is 4.92 Å². The van der Waals surface area contributed by atoms with E-state index in [-0.39, 0.29) is 34.5 Å². The number of benzene rings is 1. The molecule has 1 aliphatic heterocycles. The minimum Gasteiger partial charge on any atom is -0.482 e. The lowest BCUT2D eigenvalue weighted by Crippen LogP contribution is -2.55. The maximum absolute atomic E-state index is 12.4. The van der Waals surface area contributed by atoms with Gasteiger partial charge in [0.2, 0.25) is 0 Å². The van der Waals surface area contributed by atoms with Crippen molar-refractivity contribution < 1.29 is 19.2 Å². The van der Waals surface area contributed by atoms with E-state index in [0.29, 0.717) is 12.0 Å². The first-order valence-corrected chi connectivity index (χ1v) is 9.93. The standard InChI is InChI=1S/C19H24ClN3O5/c1-12(24)18-15(23(26)27)8-9-16(19(18)20)28-11-17(25)21-22-10-4-6-13-5-2-3-7-14(13)22/h8-9,13-14H,2-7,10-11H2,1H3,(H,21,25). The molecule has 1 aromatic rings. The molecule has 2 aliphatic rings. The Labute approximate surface area is 168 Å². The van der Waals surface area contributed by atoms with E-state index in [1.54, 1.807) is 0 Å². The molecule has 2 atom stereocenters. The predicted octanol–water partition coefficient (Wildman–Crippen LogP) is 3.52. The molecule has 2 unspecified atom stereocenters. The average Bonchev–Trinajstić information content (AvgIpc) is 2.66. The van der Waals surface area contributed by atoms with Crippen LogP contribution in [0.1, 0.15) is 55.8 Å². The topological polar surface area (TPSA) is 102 Å². The average molecular weight is 410 g/mol. The Morgan fingerprint density at radius 1 is 1.29 bits per heavy atom. The number of amides is 1. The van der Waals surface area contributed by atoms with Gasteiger partial charge in [-0.2, -0.15) is 0 Å². The van der Waals surface area contributed by atoms with E-state index in [1.165, 1.54) is 38.7 Å². The molecule has 1 amide bonds. The van der Waals surface area contributed by atoms with E-state index in [2.05, 4.69) is 5.43 Å². The molecule has 152 valence electrons. The molecule has 0 spiro atoms. The third kappa shape index (κ3) is 4.44. The number of nitro groups is 1. The molecule has 2 fully saturated rings. The molecule has 1 saturated heterocycles. The summed E-state index contributed by atoms with van der Waals surface area (Å²) in [6.07, 6.45) is 6.99. The van der Waals surface area contributed by atoms with Crippen LogP contribution < -0.4 is 10.2 Å². The Morgan fingerprint density at radius 3 is 2.71 bits per heavy atom. The third-order valence-corrected chi connectivity index (χ3v) is 5.88. The fourth-order valence-corrected chi connectivity index (χ4v) is 4.59. The fourth-order valence-electron chi connectivity index (χ4n) is 4.24. The third-order valence-electron chi connectivity index (χ3n) is 5.50. The van der Waals surface area contributed by atoms with Gasteiger partial charge in [-0.15, -0.1) is 0 Å². The molecular weight excluding hydrogens is 386 g/mol. The number of piperidine rings is 1. The maximum Gasteiger partial charge on any atom is 0.281 e. The van der Waals surface area contributed by atoms with Crippen molar-refractivity contribution in [3.63, 3.8) is 0 Å². The number of Topliss-reactive ketones (excluding diaryl/α,β-unsaturated/α-hetero) is 1. The lowest BCUT2D eigenvalue weighted by atomic mass is 9.79. The zero-order chi connectivity index (χ0) is 20.3. The Bertz CT molecular complexity index is 783. The summed E-state index contributed by atoms with van der Waals surface area (Å²) in [5.74, 6) is -0.152. The van der Waals surface area contributed by atoms with Crippen LogP contribution in [-0.2, 0) is 4.79 Å². The lowest BCUT2D eigenvalue weighted by Gasteiger charge is -2.43. The molecule has 0 bridgehead atoms. The fraction of sp³-hybridized carbons (Fsp3) is 0.579. The summed E-state index contributed by atoms with van der Waals surface area (Å²) < 4.78 is 5.46. The minimum atomic E-state index is -0.671. The summed E-state index contributed by atoms with van der Waals surface area (Å²) in [6.45, 7) is 1.73. The van der Waals surface area contributed by atoms with Crippen molar-refractivity contribution in [2.24, 2.45) is 5.92 Å². The molecule has 1 heterocycles. The van der Waals surface area contributed by atoms with Crippen LogP contribution in [0.25, 0.3) is 0 Å². The van der Waals surface area contributed by atoms with Crippen LogP contribution in [0.15, 0.2) is 12.1 Å². The Hall–Kier alpha value is -2.19. The summed E-state index contributed by atoms with van der Waals surface area (Å²) in [4.78, 5) is 34.5. The molecule has 9 heteroatoms. The number of nitrogens with zero attached hydrogens (tertiary/aromatic N) is 2. The van der Waals surface area contributed by atoms with Crippen molar-refractivity contribution in [2.45, 2.75) is 51.5 Å². The second-order valence-electron chi connectivity index (χ2n) is 7.36. The van der Waals surface area contributed by atoms with Gasteiger partial charge in [0.15, 0.2) is 12.4 Å². The number of hydrogen-bond donors (Lipinski definition) is 1. The number of hydrazine groups is 1. The molecule has 1 aliphatic carbocycles. The van der Waals surface area contributed by atoms with Gasteiger partial charge in [0.25, 0.3) is 11.6 Å². The summed E-state index contributed by atoms with van der Waals surface area (Å²) in [5, 5.41) is 12.9. The maximum atomic E-state index is 12.4. The summed E-state index contributed by atoms with van der Waals surface area (Å²) in [7, 11) is 0. The second-order valence-corrected chi connectivity index (χ2v) is 7.73. The summed E-state index contributed by atoms with van der Waals surface area (Å²) in [6, 6.07) is 2.84. The molecule has 1 N–H and O–H groups in total. The van der Waals surface area contributed by atoms with Crippen LogP contribution in [0.4, 0.5) is 5.69 Å². The second kappa shape index (κ2) is 8.87. The van der Waals surface area contributed by atoms with Crippen molar-refractivity contribution in [1.82, 2.24) is 10.4 Å². The highest BCUT2D eigenvalue weighted by Crippen LogP contribution is 2.36. The highest BCUT2D eigenvalue weighted by Gasteiger charge is 2.34. The van der Waals surface area contributed by atoms with E-state index in [9.17, 15) is 19.7 Å². The van der Waals surface area contributed by atoms with Crippen LogP contribution in [-0.4, -0.2) is 40.8 Å². The van der Waals surface area contributed by atoms with Crippen molar-refractivity contribution in [3.05, 3.63) is 32.8 Å². The molecule has 0 radical (unpaired) electrons. The minimum absolute atomic E-state index is 0.0711. The number of nitrogens with one attached hydrogen (secondary N) is 1. The van der Waals surface area contributed by atoms with Gasteiger partial charge in [-0.3, -0.25) is 25.1 Å². The Morgan fingerprint density at radius 2 is 2.00 bits per heavy atom. The lowest BCUT2D eigenvalue weighted by molar-refractivity contribution is -0.385. The number of ketones is 1. The number of fused-ring (bicyclic) bond motifs is 1. The van der Waals surface area contributed by atoms with Crippen molar-refractivity contribution in [1.29, 1.82) is 0 Å². The zero-order valence-corrected chi connectivity index (χ0v) is 16.5. The number of ether oxygens (including phenoxy) is 1. The molecule has 1 aromatic carbocycles. The summed E-state index contributed by atoms with van der Waals surface area (Å²) >= 11 is 6.13. The number of carbonyl (C=O) groups is 2. The largest absolute Gasteiger partial charge is 0.482 e. The molecule has 0 aromatic heterocycles. The van der Waals surface area contributed by atoms with Gasteiger partial charge >= 0.3 is 0 Å². The van der Waals surface area contributed by atoms with Crippen LogP contribution in [0.2, 0.25) is 5.02 Å².